The third-order valence-electron chi connectivity index (χ3n) is 16.3. The van der Waals surface area contributed by atoms with E-state index in [0.29, 0.717) is 52.4 Å². The van der Waals surface area contributed by atoms with Crippen molar-refractivity contribution >= 4 is 23.6 Å². The SMILES string of the molecule is COCCOCCOCCNC(=O)COC(=O)[C@H]1CC[C@]2(C)[C@H]3C(=O)C=C4C5C[C@@](C)(C(=O)OCc6ccccc6)CC[C@]5(C)CC[C@@]4(C)[C@]3(C)CC[C@H]2C1(C)C. The number of carbonyl (C=O) groups excluding carboxylic acids is 4. The quantitative estimate of drug-likeness (QED) is 0.141. The first-order valence-electron chi connectivity index (χ1n) is 21.5. The standard InChI is InChI=1S/C47H69NO9/c1-42(2)33(40(51)56-31-38(50)48-22-23-54-26-27-55-25-24-53-8)14-16-45(5)37(42)15-17-47(7)39(45)36(49)28-34-35-29-44(4,19-18-43(35,3)20-21-46(34,47)6)41(52)57-30-32-12-10-9-11-13-32/h9-13,28,33,35,37,39H,14-27,29-31H2,1-8H3,(H,48,50)/t33-,35?,37+,39-,43-,44+,45+,46-,47-/m1/s1. The van der Waals surface area contributed by atoms with Crippen molar-refractivity contribution in [1.29, 1.82) is 0 Å². The van der Waals surface area contributed by atoms with E-state index in [2.05, 4.69) is 53.8 Å². The van der Waals surface area contributed by atoms with Gasteiger partial charge in [-0.1, -0.05) is 77.4 Å². The molecule has 0 bridgehead atoms. The summed E-state index contributed by atoms with van der Waals surface area (Å²) in [6.07, 6.45) is 9.72. The van der Waals surface area contributed by atoms with Gasteiger partial charge in [-0.25, -0.2) is 0 Å². The molecule has 0 spiro atoms. The van der Waals surface area contributed by atoms with Crippen LogP contribution in [0.2, 0.25) is 0 Å². The molecule has 316 valence electrons. The van der Waals surface area contributed by atoms with Gasteiger partial charge in [0.05, 0.1) is 44.4 Å². The fourth-order valence-electron chi connectivity index (χ4n) is 12.7. The topological polar surface area (TPSA) is 126 Å². The summed E-state index contributed by atoms with van der Waals surface area (Å²) in [5.74, 6) is -0.897. The molecule has 5 aliphatic rings. The number of allylic oxidation sites excluding steroid dienone is 2. The third-order valence-corrected chi connectivity index (χ3v) is 16.3. The monoisotopic (exact) mass is 791 g/mol. The summed E-state index contributed by atoms with van der Waals surface area (Å²) in [7, 11) is 1.62. The molecular formula is C47H69NO9. The van der Waals surface area contributed by atoms with Crippen molar-refractivity contribution in [2.45, 2.75) is 113 Å². The molecule has 0 radical (unpaired) electrons. The normalized spacial score (nSPS) is 36.7. The number of methoxy groups -OCH3 is 1. The van der Waals surface area contributed by atoms with Gasteiger partial charge in [-0.3, -0.25) is 19.2 Å². The highest BCUT2D eigenvalue weighted by atomic mass is 16.5. The number of benzene rings is 1. The smallest absolute Gasteiger partial charge is 0.312 e. The number of fused-ring (bicyclic) bond motifs is 7. The highest BCUT2D eigenvalue weighted by molar-refractivity contribution is 5.96. The van der Waals surface area contributed by atoms with Crippen molar-refractivity contribution in [2.75, 3.05) is 53.3 Å². The Morgan fingerprint density at radius 1 is 0.789 bits per heavy atom. The fraction of sp³-hybridized carbons (Fsp3) is 0.745. The molecule has 0 aromatic heterocycles. The Balaban J connectivity index is 1.11. The van der Waals surface area contributed by atoms with Gasteiger partial charge in [-0.2, -0.15) is 0 Å². The summed E-state index contributed by atoms with van der Waals surface area (Å²) in [5.41, 5.74) is 0.477. The minimum Gasteiger partial charge on any atom is -0.460 e. The van der Waals surface area contributed by atoms with Gasteiger partial charge < -0.3 is 29.0 Å². The number of carbonyl (C=O) groups is 4. The molecule has 1 amide bonds. The van der Waals surface area contributed by atoms with Gasteiger partial charge in [0.2, 0.25) is 0 Å². The largest absolute Gasteiger partial charge is 0.460 e. The number of amides is 1. The summed E-state index contributed by atoms with van der Waals surface area (Å²) < 4.78 is 27.4. The Bertz CT molecular complexity index is 1680. The third kappa shape index (κ3) is 8.13. The predicted molar refractivity (Wildman–Crippen MR) is 217 cm³/mol. The number of hydrogen-bond acceptors (Lipinski definition) is 9. The molecule has 4 fully saturated rings. The van der Waals surface area contributed by atoms with Crippen molar-refractivity contribution in [1.82, 2.24) is 5.32 Å². The molecule has 1 N–H and O–H groups in total. The lowest BCUT2D eigenvalue weighted by Crippen LogP contribution is -2.66. The van der Waals surface area contributed by atoms with E-state index >= 15 is 0 Å². The van der Waals surface area contributed by atoms with Crippen LogP contribution in [0.4, 0.5) is 0 Å². The van der Waals surface area contributed by atoms with Crippen molar-refractivity contribution in [3.05, 3.63) is 47.5 Å². The van der Waals surface area contributed by atoms with E-state index in [4.69, 9.17) is 23.7 Å². The van der Waals surface area contributed by atoms with Crippen LogP contribution in [-0.2, 0) is 49.5 Å². The van der Waals surface area contributed by atoms with Gasteiger partial charge in [-0.05, 0) is 115 Å². The maximum atomic E-state index is 14.9. The molecule has 5 aliphatic carbocycles. The zero-order valence-electron chi connectivity index (χ0n) is 36.0. The molecular weight excluding hydrogens is 723 g/mol. The van der Waals surface area contributed by atoms with Gasteiger partial charge >= 0.3 is 11.9 Å². The number of rotatable bonds is 15. The highest BCUT2D eigenvalue weighted by Crippen LogP contribution is 2.75. The van der Waals surface area contributed by atoms with Gasteiger partial charge in [-0.15, -0.1) is 0 Å². The molecule has 10 nitrogen and oxygen atoms in total. The minimum atomic E-state index is -0.617. The fourth-order valence-corrected chi connectivity index (χ4v) is 12.7. The van der Waals surface area contributed by atoms with Crippen LogP contribution >= 0.6 is 0 Å². The predicted octanol–water partition coefficient (Wildman–Crippen LogP) is 7.67. The van der Waals surface area contributed by atoms with Crippen LogP contribution in [0.5, 0.6) is 0 Å². The van der Waals surface area contributed by atoms with E-state index in [-0.39, 0.29) is 82.2 Å². The number of ether oxygens (including phenoxy) is 5. The molecule has 6 rings (SSSR count). The van der Waals surface area contributed by atoms with E-state index < -0.39 is 10.8 Å². The van der Waals surface area contributed by atoms with Crippen LogP contribution < -0.4 is 5.32 Å². The van der Waals surface area contributed by atoms with Crippen LogP contribution in [0.25, 0.3) is 0 Å². The molecule has 0 heterocycles. The second kappa shape index (κ2) is 16.9. The molecule has 0 saturated heterocycles. The van der Waals surface area contributed by atoms with Crippen molar-refractivity contribution in [3.8, 4) is 0 Å². The highest BCUT2D eigenvalue weighted by Gasteiger charge is 2.70. The lowest BCUT2D eigenvalue weighted by atomic mass is 9.33. The molecule has 57 heavy (non-hydrogen) atoms. The first kappa shape index (κ1) is 43.5. The van der Waals surface area contributed by atoms with E-state index in [9.17, 15) is 19.2 Å². The van der Waals surface area contributed by atoms with Gasteiger partial charge in [0, 0.05) is 19.6 Å². The summed E-state index contributed by atoms with van der Waals surface area (Å²) in [6.45, 7) is 18.4. The summed E-state index contributed by atoms with van der Waals surface area (Å²) in [6, 6.07) is 9.85. The Labute approximate surface area is 340 Å². The van der Waals surface area contributed by atoms with E-state index in [1.54, 1.807) is 7.11 Å². The van der Waals surface area contributed by atoms with Gasteiger partial charge in [0.25, 0.3) is 5.91 Å². The van der Waals surface area contributed by atoms with E-state index in [0.717, 1.165) is 50.5 Å². The first-order valence-corrected chi connectivity index (χ1v) is 21.5. The van der Waals surface area contributed by atoms with Crippen molar-refractivity contribution in [3.63, 3.8) is 0 Å². The molecule has 1 aromatic carbocycles. The summed E-state index contributed by atoms with van der Waals surface area (Å²) in [5, 5.41) is 2.76. The Hall–Kier alpha value is -3.08. The van der Waals surface area contributed by atoms with Crippen LogP contribution in [0.1, 0.15) is 112 Å². The Morgan fingerprint density at radius 2 is 1.47 bits per heavy atom. The maximum Gasteiger partial charge on any atom is 0.312 e. The minimum absolute atomic E-state index is 0.0275. The van der Waals surface area contributed by atoms with Crippen molar-refractivity contribution < 1.29 is 42.9 Å². The average Bonchev–Trinajstić information content (AvgIpc) is 3.17. The van der Waals surface area contributed by atoms with Crippen LogP contribution in [0.15, 0.2) is 42.0 Å². The zero-order chi connectivity index (χ0) is 41.3. The lowest BCUT2D eigenvalue weighted by Gasteiger charge is -2.70. The summed E-state index contributed by atoms with van der Waals surface area (Å²) >= 11 is 0. The molecule has 1 aromatic rings. The average molecular weight is 792 g/mol. The van der Waals surface area contributed by atoms with Crippen molar-refractivity contribution in [2.24, 2.45) is 56.2 Å². The molecule has 0 aliphatic heterocycles. The summed E-state index contributed by atoms with van der Waals surface area (Å²) in [4.78, 5) is 55.0. The first-order chi connectivity index (χ1) is 26.9. The molecule has 10 heteroatoms. The molecule has 9 atom stereocenters. The van der Waals surface area contributed by atoms with Gasteiger partial charge in [0.1, 0.15) is 6.61 Å². The number of hydrogen-bond donors (Lipinski definition) is 1. The molecule has 1 unspecified atom stereocenters. The van der Waals surface area contributed by atoms with Crippen LogP contribution in [0.3, 0.4) is 0 Å². The number of nitrogens with one attached hydrogen (secondary N) is 1. The number of ketones is 1. The second-order valence-electron chi connectivity index (χ2n) is 19.9. The Morgan fingerprint density at radius 3 is 2.19 bits per heavy atom. The van der Waals surface area contributed by atoms with Crippen LogP contribution in [-0.4, -0.2) is 76.9 Å². The zero-order valence-corrected chi connectivity index (χ0v) is 36.0. The van der Waals surface area contributed by atoms with Gasteiger partial charge in [0.15, 0.2) is 12.4 Å². The lowest BCUT2D eigenvalue weighted by molar-refractivity contribution is -0.200. The second-order valence-corrected chi connectivity index (χ2v) is 19.9. The van der Waals surface area contributed by atoms with E-state index in [1.807, 2.05) is 36.4 Å². The Kier molecular flexibility index (Phi) is 12.9. The maximum absolute atomic E-state index is 14.9. The van der Waals surface area contributed by atoms with Crippen LogP contribution in [0, 0.1) is 56.2 Å². The molecule has 4 saturated carbocycles. The van der Waals surface area contributed by atoms with E-state index in [1.165, 1.54) is 5.57 Å². The number of esters is 2.